The third-order valence-corrected chi connectivity index (χ3v) is 15.3. The number of benzene rings is 5. The zero-order valence-corrected chi connectivity index (χ0v) is 58.0. The Labute approximate surface area is 590 Å². The van der Waals surface area contributed by atoms with E-state index in [0.29, 0.717) is 146 Å². The standard InChI is InChI=1S/C31H36ClN5O6.C20H16N4O3.C11H12N2O3.C10H22ClNO2/c1-37(14-17-41-31(38)34-13-16-40-19-18-39-15-7-3-2-6-12-32)24-10-11-26-28(21-24)42-29(35-26)20-23(22-33)30-36-25-8-4-5-9-27(25)43-30;1-21-16(20-23-14-5-3-4-6-17(14)27-20)12-19-22-15-8-7-13(11-18(15)26-19)24(2)9-10-25;1-13(4-5-14)8-2-3-9-10(6-8)16-11(7-15)12-9;11-5-3-1-2-4-7-13-9-10-14-8-6-12/h4-5,8-11,20-21H,2-3,6-7,12-19H2,1H3,(H,34,38);3-8,11-12,25H,9-10H2,2H3;2-3,6-7,14H,4-5H2,1H3;1-10,12H2/b23-20+;16-12-;;. The third-order valence-electron chi connectivity index (χ3n) is 14.8. The molecule has 1 amide bonds. The van der Waals surface area contributed by atoms with Crippen LogP contribution in [-0.4, -0.2) is 186 Å². The Bertz CT molecular complexity index is 4150. The van der Waals surface area contributed by atoms with E-state index in [1.807, 2.05) is 115 Å². The molecule has 0 saturated heterocycles. The van der Waals surface area contributed by atoms with Crippen molar-refractivity contribution < 1.29 is 65.6 Å². The Balaban J connectivity index is 0.000000208. The SMILES string of the molecule is CN(CCO)c1ccc2nc(C=O)oc2c1.CN(CCOC(=O)NCCOCCOCCCCCCCl)c1ccc2nc(/C=C(\C#N)c3nc4ccccc4o3)oc2c1.NCCOCCOCCCCCCCl.[C-]#[N+]/C(=C\c1nc2ccc(N(C)CCO)cc2o1)c1nc2ccccc2o1. The number of carbonyl (C=O) groups is 2. The Hall–Kier alpha value is -9.45. The van der Waals surface area contributed by atoms with Crippen molar-refractivity contribution in [1.29, 1.82) is 5.26 Å². The number of halogens is 2. The number of hydrogen-bond acceptors (Lipinski definition) is 24. The molecule has 532 valence electrons. The van der Waals surface area contributed by atoms with E-state index in [4.69, 9.17) is 91.5 Å². The minimum absolute atomic E-state index is 0.0673. The summed E-state index contributed by atoms with van der Waals surface area (Å²) >= 11 is 11.2. The van der Waals surface area contributed by atoms with E-state index in [-0.39, 0.29) is 54.7 Å². The fraction of sp³-hybridized carbons (Fsp3) is 0.403. The normalized spacial score (nSPS) is 11.4. The number of aldehydes is 1. The highest BCUT2D eigenvalue weighted by molar-refractivity contribution is 6.18. The van der Waals surface area contributed by atoms with Crippen LogP contribution in [0, 0.1) is 17.9 Å². The smallest absolute Gasteiger partial charge is 0.407 e. The van der Waals surface area contributed by atoms with E-state index in [0.717, 1.165) is 74.7 Å². The maximum Gasteiger partial charge on any atom is 0.407 e. The number of likely N-dealkylation sites (N-methyl/N-ethyl adjacent to an activating group) is 3. The van der Waals surface area contributed by atoms with Gasteiger partial charge in [0, 0.05) is 120 Å². The van der Waals surface area contributed by atoms with Crippen LogP contribution in [0.25, 0.3) is 83.8 Å². The molecule has 5 aromatic carbocycles. The number of oxazole rings is 5. The number of aliphatic hydroxyl groups is 2. The van der Waals surface area contributed by atoms with Crippen molar-refractivity contribution in [2.24, 2.45) is 5.73 Å². The summed E-state index contributed by atoms with van der Waals surface area (Å²) in [4.78, 5) is 53.3. The second-order valence-corrected chi connectivity index (χ2v) is 23.0. The van der Waals surface area contributed by atoms with Crippen molar-refractivity contribution in [3.63, 3.8) is 0 Å². The number of fused-ring (bicyclic) bond motifs is 5. The van der Waals surface area contributed by atoms with Crippen LogP contribution in [0.15, 0.2) is 125 Å². The summed E-state index contributed by atoms with van der Waals surface area (Å²) in [6.07, 6.45) is 12.1. The molecule has 10 rings (SSSR count). The van der Waals surface area contributed by atoms with Crippen molar-refractivity contribution in [2.75, 3.05) is 153 Å². The summed E-state index contributed by atoms with van der Waals surface area (Å²) in [5.41, 5.74) is 14.6. The van der Waals surface area contributed by atoms with Gasteiger partial charge < -0.3 is 81.7 Å². The first kappa shape index (κ1) is 77.9. The van der Waals surface area contributed by atoms with Crippen LogP contribution in [0.5, 0.6) is 0 Å². The van der Waals surface area contributed by atoms with Gasteiger partial charge in [-0.2, -0.15) is 5.26 Å². The first-order valence-electron chi connectivity index (χ1n) is 32.9. The quantitative estimate of drug-likeness (QED) is 0.00918. The number of nitriles is 1. The molecule has 0 aliphatic heterocycles. The number of ether oxygens (including phenoxy) is 5. The molecular weight excluding hydrogens is 1330 g/mol. The van der Waals surface area contributed by atoms with Crippen LogP contribution >= 0.6 is 23.2 Å². The molecular formula is C72H86Cl2N12O14. The number of anilines is 3. The van der Waals surface area contributed by atoms with Crippen molar-refractivity contribution in [2.45, 2.75) is 51.4 Å². The van der Waals surface area contributed by atoms with Crippen LogP contribution in [0.2, 0.25) is 0 Å². The molecule has 5 N–H and O–H groups in total. The second-order valence-electron chi connectivity index (χ2n) is 22.2. The number of alkyl halides is 2. The maximum atomic E-state index is 12.0. The molecule has 0 radical (unpaired) electrons. The number of aromatic nitrogens is 5. The highest BCUT2D eigenvalue weighted by Gasteiger charge is 2.17. The second kappa shape index (κ2) is 43.8. The number of unbranched alkanes of at least 4 members (excludes halogenated alkanes) is 6. The van der Waals surface area contributed by atoms with E-state index in [1.54, 1.807) is 24.3 Å². The highest BCUT2D eigenvalue weighted by atomic mass is 35.5. The summed E-state index contributed by atoms with van der Waals surface area (Å²) in [5, 5.41) is 30.2. The number of aliphatic hydroxyl groups excluding tert-OH is 2. The van der Waals surface area contributed by atoms with Gasteiger partial charge in [-0.05, 0) is 86.3 Å². The molecule has 0 saturated carbocycles. The lowest BCUT2D eigenvalue weighted by molar-refractivity contribution is 0.0469. The minimum Gasteiger partial charge on any atom is -0.448 e. The zero-order chi connectivity index (χ0) is 71.1. The molecule has 100 heavy (non-hydrogen) atoms. The average Bonchev–Trinajstić information content (AvgIpc) is 1.67. The number of nitrogens with zero attached hydrogens (tertiary/aromatic N) is 10. The van der Waals surface area contributed by atoms with Gasteiger partial charge in [-0.15, -0.1) is 23.2 Å². The average molecular weight is 1410 g/mol. The van der Waals surface area contributed by atoms with E-state index in [2.05, 4.69) is 41.2 Å². The predicted octanol–water partition coefficient (Wildman–Crippen LogP) is 12.7. The van der Waals surface area contributed by atoms with Crippen molar-refractivity contribution in [3.8, 4) is 6.07 Å². The molecule has 5 heterocycles. The first-order valence-corrected chi connectivity index (χ1v) is 34.0. The number of amides is 1. The number of allylic oxidation sites excluding steroid dienone is 1. The number of hydrogen-bond donors (Lipinski definition) is 4. The fourth-order valence-electron chi connectivity index (χ4n) is 9.44. The summed E-state index contributed by atoms with van der Waals surface area (Å²) in [6.45, 7) is 15.2. The van der Waals surface area contributed by atoms with Crippen LogP contribution in [0.1, 0.15) is 85.6 Å². The number of alkyl carbamates (subject to hydrolysis) is 1. The van der Waals surface area contributed by atoms with E-state index in [1.165, 1.54) is 25.0 Å². The molecule has 10 aromatic rings. The number of carbonyl (C=O) groups excluding carboxylic acids is 2. The molecule has 0 fully saturated rings. The number of nitrogens with one attached hydrogen (secondary N) is 1. The summed E-state index contributed by atoms with van der Waals surface area (Å²) < 4.78 is 55.0. The number of para-hydroxylation sites is 4. The molecule has 0 aliphatic rings. The van der Waals surface area contributed by atoms with E-state index in [9.17, 15) is 14.9 Å². The Morgan fingerprint density at radius 3 is 1.47 bits per heavy atom. The lowest BCUT2D eigenvalue weighted by atomic mass is 10.2. The van der Waals surface area contributed by atoms with Crippen molar-refractivity contribution >= 4 is 132 Å². The van der Waals surface area contributed by atoms with Gasteiger partial charge in [-0.1, -0.05) is 49.9 Å². The first-order chi connectivity index (χ1) is 48.9. The summed E-state index contributed by atoms with van der Waals surface area (Å²) in [5.74, 6) is 2.57. The van der Waals surface area contributed by atoms with Crippen LogP contribution < -0.4 is 25.8 Å². The van der Waals surface area contributed by atoms with Gasteiger partial charge in [0.1, 0.15) is 45.8 Å². The highest BCUT2D eigenvalue weighted by Crippen LogP contribution is 2.29. The molecule has 5 aromatic heterocycles. The Morgan fingerprint density at radius 2 is 0.990 bits per heavy atom. The topological polar surface area (TPSA) is 327 Å². The van der Waals surface area contributed by atoms with Crippen molar-refractivity contribution in [3.05, 3.63) is 144 Å². The largest absolute Gasteiger partial charge is 0.448 e. The monoisotopic (exact) mass is 1410 g/mol. The lowest BCUT2D eigenvalue weighted by Gasteiger charge is -2.19. The molecule has 0 bridgehead atoms. The van der Waals surface area contributed by atoms with Gasteiger partial charge in [0.2, 0.25) is 29.8 Å². The number of rotatable bonds is 38. The van der Waals surface area contributed by atoms with Gasteiger partial charge in [0.25, 0.3) is 11.6 Å². The Kier molecular flexibility index (Phi) is 34.2. The zero-order valence-electron chi connectivity index (χ0n) is 56.5. The van der Waals surface area contributed by atoms with Crippen LogP contribution in [0.4, 0.5) is 21.9 Å². The van der Waals surface area contributed by atoms with Gasteiger partial charge in [-0.3, -0.25) is 4.79 Å². The van der Waals surface area contributed by atoms with E-state index < -0.39 is 6.09 Å². The molecule has 0 unspecified atom stereocenters. The Morgan fingerprint density at radius 1 is 0.550 bits per heavy atom. The molecule has 0 spiro atoms. The summed E-state index contributed by atoms with van der Waals surface area (Å²) in [6, 6.07) is 33.4. The van der Waals surface area contributed by atoms with Gasteiger partial charge in [0.15, 0.2) is 27.9 Å². The maximum absolute atomic E-state index is 12.0. The van der Waals surface area contributed by atoms with Gasteiger partial charge in [-0.25, -0.2) is 34.6 Å². The molecule has 0 aliphatic carbocycles. The fourth-order valence-corrected chi connectivity index (χ4v) is 9.82. The van der Waals surface area contributed by atoms with Gasteiger partial charge in [0.05, 0.1) is 66.0 Å². The van der Waals surface area contributed by atoms with Crippen LogP contribution in [0.3, 0.4) is 0 Å². The molecule has 0 atom stereocenters. The molecule has 26 nitrogen and oxygen atoms in total. The van der Waals surface area contributed by atoms with Gasteiger partial charge >= 0.3 is 6.09 Å². The predicted molar refractivity (Wildman–Crippen MR) is 387 cm³/mol. The lowest BCUT2D eigenvalue weighted by Crippen LogP contribution is -2.31. The number of nitrogens with two attached hydrogens (primary N) is 1. The molecule has 28 heteroatoms. The minimum atomic E-state index is -0.500. The summed E-state index contributed by atoms with van der Waals surface area (Å²) in [7, 11) is 5.64. The van der Waals surface area contributed by atoms with Crippen LogP contribution in [-0.2, 0) is 23.7 Å². The van der Waals surface area contributed by atoms with Crippen molar-refractivity contribution in [1.82, 2.24) is 30.2 Å². The van der Waals surface area contributed by atoms with E-state index >= 15 is 0 Å². The third kappa shape index (κ3) is 25.7.